The first-order valence-electron chi connectivity index (χ1n) is 6.47. The standard InChI is InChI=1S/C12H26O4S.K/c1-11(13)9-7-5-3-4-6-8-10-12(2)17(14,15)16;/h11-13H,3-10H2,1-2H3,(H,14,15,16);/q;+1/p-1. The van der Waals surface area contributed by atoms with Gasteiger partial charge in [-0.25, -0.2) is 8.42 Å². The van der Waals surface area contributed by atoms with Crippen LogP contribution in [0.2, 0.25) is 0 Å². The smallest absolute Gasteiger partial charge is 0.748 e. The Hall–Kier alpha value is 1.51. The molecule has 0 aliphatic heterocycles. The average molecular weight is 304 g/mol. The normalized spacial score (nSPS) is 14.9. The van der Waals surface area contributed by atoms with Gasteiger partial charge < -0.3 is 9.66 Å². The molecule has 0 aromatic carbocycles. The van der Waals surface area contributed by atoms with Crippen LogP contribution in [0.25, 0.3) is 0 Å². The molecule has 1 N–H and O–H groups in total. The molecule has 0 aliphatic carbocycles. The van der Waals surface area contributed by atoms with Gasteiger partial charge in [0.2, 0.25) is 0 Å². The van der Waals surface area contributed by atoms with Crippen molar-refractivity contribution in [1.29, 1.82) is 0 Å². The van der Waals surface area contributed by atoms with E-state index >= 15 is 0 Å². The number of rotatable bonds is 10. The first-order valence-corrected chi connectivity index (χ1v) is 7.94. The average Bonchev–Trinajstić information content (AvgIpc) is 2.19. The molecule has 104 valence electrons. The van der Waals surface area contributed by atoms with Crippen molar-refractivity contribution in [3.63, 3.8) is 0 Å². The molecule has 4 nitrogen and oxygen atoms in total. The summed E-state index contributed by atoms with van der Waals surface area (Å²) in [7, 11) is -4.09. The Bertz CT molecular complexity index is 278. The van der Waals surface area contributed by atoms with Crippen molar-refractivity contribution in [3.8, 4) is 0 Å². The van der Waals surface area contributed by atoms with Gasteiger partial charge in [-0.15, -0.1) is 0 Å². The van der Waals surface area contributed by atoms with E-state index in [1.807, 2.05) is 0 Å². The molecule has 0 aromatic rings. The SMILES string of the molecule is CC(O)CCCCCCCCC(C)S(=O)(=O)[O-].[K+]. The van der Waals surface area contributed by atoms with Crippen molar-refractivity contribution in [2.45, 2.75) is 76.6 Å². The third-order valence-corrected chi connectivity index (χ3v) is 4.20. The van der Waals surface area contributed by atoms with Crippen LogP contribution in [0.4, 0.5) is 0 Å². The van der Waals surface area contributed by atoms with Gasteiger partial charge >= 0.3 is 51.4 Å². The van der Waals surface area contributed by atoms with Crippen molar-refractivity contribution in [2.24, 2.45) is 0 Å². The molecule has 2 unspecified atom stereocenters. The van der Waals surface area contributed by atoms with Crippen LogP contribution in [0.3, 0.4) is 0 Å². The Balaban J connectivity index is 0. The van der Waals surface area contributed by atoms with E-state index in [1.165, 1.54) is 6.92 Å². The van der Waals surface area contributed by atoms with Gasteiger partial charge in [0.05, 0.1) is 16.2 Å². The van der Waals surface area contributed by atoms with Crippen LogP contribution in [0.1, 0.15) is 65.2 Å². The number of unbranched alkanes of at least 4 members (excludes halogenated alkanes) is 5. The Morgan fingerprint density at radius 3 is 1.72 bits per heavy atom. The summed E-state index contributed by atoms with van der Waals surface area (Å²) < 4.78 is 31.9. The second kappa shape index (κ2) is 12.3. The Morgan fingerprint density at radius 2 is 1.33 bits per heavy atom. The molecule has 6 heteroatoms. The maximum Gasteiger partial charge on any atom is 1.00 e. The van der Waals surface area contributed by atoms with Crippen molar-refractivity contribution in [1.82, 2.24) is 0 Å². The first-order chi connectivity index (χ1) is 7.84. The van der Waals surface area contributed by atoms with Gasteiger partial charge in [-0.1, -0.05) is 38.5 Å². The molecule has 2 atom stereocenters. The van der Waals surface area contributed by atoms with Gasteiger partial charge in [0.15, 0.2) is 0 Å². The fourth-order valence-corrected chi connectivity index (χ4v) is 2.18. The molecular weight excluding hydrogens is 279 g/mol. The van der Waals surface area contributed by atoms with E-state index in [9.17, 15) is 13.0 Å². The zero-order valence-electron chi connectivity index (χ0n) is 11.9. The minimum absolute atomic E-state index is 0. The minimum Gasteiger partial charge on any atom is -0.748 e. The van der Waals surface area contributed by atoms with Crippen LogP contribution in [0.5, 0.6) is 0 Å². The van der Waals surface area contributed by atoms with Gasteiger partial charge in [-0.3, -0.25) is 0 Å². The summed E-state index contributed by atoms with van der Waals surface area (Å²) in [6.45, 7) is 3.27. The van der Waals surface area contributed by atoms with Crippen LogP contribution in [0.15, 0.2) is 0 Å². The Labute approximate surface area is 154 Å². The monoisotopic (exact) mass is 304 g/mol. The molecule has 0 bridgehead atoms. The summed E-state index contributed by atoms with van der Waals surface area (Å²) >= 11 is 0. The van der Waals surface area contributed by atoms with Gasteiger partial charge in [0, 0.05) is 5.25 Å². The Kier molecular flexibility index (Phi) is 14.9. The topological polar surface area (TPSA) is 77.4 Å². The third kappa shape index (κ3) is 13.9. The van der Waals surface area contributed by atoms with Crippen molar-refractivity contribution in [2.75, 3.05) is 0 Å². The number of hydrogen-bond donors (Lipinski definition) is 1. The van der Waals surface area contributed by atoms with Crippen molar-refractivity contribution < 1.29 is 69.5 Å². The molecule has 0 amide bonds. The first kappa shape index (κ1) is 21.8. The van der Waals surface area contributed by atoms with Crippen molar-refractivity contribution in [3.05, 3.63) is 0 Å². The summed E-state index contributed by atoms with van der Waals surface area (Å²) in [5.41, 5.74) is 0. The quantitative estimate of drug-likeness (QED) is 0.333. The van der Waals surface area contributed by atoms with E-state index in [2.05, 4.69) is 0 Å². The van der Waals surface area contributed by atoms with Crippen LogP contribution < -0.4 is 51.4 Å². The van der Waals surface area contributed by atoms with Crippen molar-refractivity contribution >= 4 is 10.1 Å². The maximum absolute atomic E-state index is 10.6. The summed E-state index contributed by atoms with van der Waals surface area (Å²) in [6.07, 6.45) is 7.25. The van der Waals surface area contributed by atoms with Gasteiger partial charge in [0.25, 0.3) is 0 Å². The molecule has 0 saturated carbocycles. The summed E-state index contributed by atoms with van der Waals surface area (Å²) in [4.78, 5) is 0. The molecule has 18 heavy (non-hydrogen) atoms. The number of aliphatic hydroxyl groups excluding tert-OH is 1. The molecule has 0 aromatic heterocycles. The fraction of sp³-hybridized carbons (Fsp3) is 1.00. The van der Waals surface area contributed by atoms with Gasteiger partial charge in [0.1, 0.15) is 0 Å². The molecule has 0 spiro atoms. The van der Waals surface area contributed by atoms with Gasteiger partial charge in [-0.2, -0.15) is 0 Å². The third-order valence-electron chi connectivity index (χ3n) is 2.98. The van der Waals surface area contributed by atoms with E-state index in [0.717, 1.165) is 44.9 Å². The largest absolute Gasteiger partial charge is 1.00 e. The second-order valence-corrected chi connectivity index (χ2v) is 6.64. The molecular formula is C12H25KO4S. The predicted molar refractivity (Wildman–Crippen MR) is 67.8 cm³/mol. The van der Waals surface area contributed by atoms with E-state index < -0.39 is 15.4 Å². The second-order valence-electron chi connectivity index (χ2n) is 4.85. The molecule has 0 aliphatic rings. The maximum atomic E-state index is 10.6. The molecule has 0 fully saturated rings. The van der Waals surface area contributed by atoms with Crippen LogP contribution in [0, 0.1) is 0 Å². The minimum atomic E-state index is -4.09. The zero-order chi connectivity index (χ0) is 13.3. The summed E-state index contributed by atoms with van der Waals surface area (Å²) in [5.74, 6) is 0. The summed E-state index contributed by atoms with van der Waals surface area (Å²) in [5, 5.41) is 8.29. The number of aliphatic hydroxyl groups is 1. The molecule has 0 saturated heterocycles. The molecule has 0 rings (SSSR count). The Morgan fingerprint density at radius 1 is 0.944 bits per heavy atom. The van der Waals surface area contributed by atoms with E-state index in [4.69, 9.17) is 5.11 Å². The van der Waals surface area contributed by atoms with E-state index in [1.54, 1.807) is 6.92 Å². The molecule has 0 heterocycles. The van der Waals surface area contributed by atoms with E-state index in [-0.39, 0.29) is 57.5 Å². The fourth-order valence-electron chi connectivity index (χ4n) is 1.72. The predicted octanol–water partition coefficient (Wildman–Crippen LogP) is -0.574. The number of hydrogen-bond acceptors (Lipinski definition) is 4. The van der Waals surface area contributed by atoms with Crippen LogP contribution >= 0.6 is 0 Å². The zero-order valence-corrected chi connectivity index (χ0v) is 15.8. The van der Waals surface area contributed by atoms with Gasteiger partial charge in [-0.05, 0) is 26.7 Å². The van der Waals surface area contributed by atoms with Crippen LogP contribution in [-0.4, -0.2) is 29.4 Å². The molecule has 0 radical (unpaired) electrons. The van der Waals surface area contributed by atoms with Crippen LogP contribution in [-0.2, 0) is 10.1 Å². The summed E-state index contributed by atoms with van der Waals surface area (Å²) in [6, 6.07) is 0. The van der Waals surface area contributed by atoms with E-state index in [0.29, 0.717) is 6.42 Å².